The second-order valence-electron chi connectivity index (χ2n) is 7.30. The van der Waals surface area contributed by atoms with E-state index >= 15 is 0 Å². The zero-order valence-corrected chi connectivity index (χ0v) is 16.3. The number of fused-ring (bicyclic) bond motifs is 1. The van der Waals surface area contributed by atoms with Crippen LogP contribution >= 0.6 is 0 Å². The smallest absolute Gasteiger partial charge is 0.252 e. The van der Waals surface area contributed by atoms with Crippen LogP contribution in [0, 0.1) is 5.92 Å². The first kappa shape index (κ1) is 19.0. The quantitative estimate of drug-likeness (QED) is 0.728. The third-order valence-electron chi connectivity index (χ3n) is 4.82. The summed E-state index contributed by atoms with van der Waals surface area (Å²) in [5, 5.41) is 3.96. The molecule has 0 fully saturated rings. The number of aromatic nitrogens is 2. The van der Waals surface area contributed by atoms with Crippen molar-refractivity contribution in [3.8, 4) is 11.3 Å². The van der Waals surface area contributed by atoms with Crippen LogP contribution in [0.15, 0.2) is 54.9 Å². The Bertz CT molecular complexity index is 914. The van der Waals surface area contributed by atoms with E-state index in [9.17, 15) is 4.79 Å². The largest absolute Gasteiger partial charge is 0.350 e. The van der Waals surface area contributed by atoms with Crippen LogP contribution in [0.25, 0.3) is 22.2 Å². The van der Waals surface area contributed by atoms with Crippen molar-refractivity contribution >= 4 is 16.8 Å². The normalized spacial score (nSPS) is 12.5. The van der Waals surface area contributed by atoms with Gasteiger partial charge in [-0.3, -0.25) is 9.78 Å². The Kier molecular flexibility index (Phi) is 5.81. The average molecular weight is 362 g/mol. The number of carbonyl (C=O) groups is 1. The fourth-order valence-electron chi connectivity index (χ4n) is 3.33. The molecule has 2 heterocycles. The Morgan fingerprint density at radius 2 is 1.93 bits per heavy atom. The SMILES string of the molecule is CC(C)[C@H](CNC(=O)c1cc(-c2cccnc2)nc2ccccc12)N(C)C. The number of rotatable bonds is 6. The lowest BCUT2D eigenvalue weighted by molar-refractivity contribution is 0.0936. The van der Waals surface area contributed by atoms with Gasteiger partial charge in [0.1, 0.15) is 0 Å². The van der Waals surface area contributed by atoms with Crippen LogP contribution in [0.3, 0.4) is 0 Å². The maximum Gasteiger partial charge on any atom is 0.252 e. The maximum absolute atomic E-state index is 13.0. The highest BCUT2D eigenvalue weighted by molar-refractivity contribution is 6.07. The molecule has 0 aliphatic rings. The van der Waals surface area contributed by atoms with Crippen LogP contribution in [-0.4, -0.2) is 47.5 Å². The predicted octanol–water partition coefficient (Wildman–Crippen LogP) is 3.61. The highest BCUT2D eigenvalue weighted by Crippen LogP contribution is 2.24. The lowest BCUT2D eigenvalue weighted by Gasteiger charge is -2.28. The molecule has 0 aliphatic carbocycles. The molecule has 0 spiro atoms. The number of para-hydroxylation sites is 1. The summed E-state index contributed by atoms with van der Waals surface area (Å²) >= 11 is 0. The third kappa shape index (κ3) is 4.31. The molecular formula is C22H26N4O. The molecule has 3 aromatic rings. The molecule has 0 radical (unpaired) electrons. The zero-order valence-electron chi connectivity index (χ0n) is 16.3. The van der Waals surface area contributed by atoms with Crippen LogP contribution in [-0.2, 0) is 0 Å². The highest BCUT2D eigenvalue weighted by atomic mass is 16.1. The number of hydrogen-bond donors (Lipinski definition) is 1. The summed E-state index contributed by atoms with van der Waals surface area (Å²) in [5.41, 5.74) is 3.09. The summed E-state index contributed by atoms with van der Waals surface area (Å²) in [7, 11) is 4.08. The van der Waals surface area contributed by atoms with E-state index in [1.165, 1.54) is 0 Å². The monoisotopic (exact) mass is 362 g/mol. The molecule has 0 aliphatic heterocycles. The third-order valence-corrected chi connectivity index (χ3v) is 4.82. The van der Waals surface area contributed by atoms with Crippen molar-refractivity contribution in [2.75, 3.05) is 20.6 Å². The van der Waals surface area contributed by atoms with Gasteiger partial charge in [0, 0.05) is 35.9 Å². The molecule has 0 bridgehead atoms. The molecule has 5 nitrogen and oxygen atoms in total. The van der Waals surface area contributed by atoms with Crippen LogP contribution in [0.2, 0.25) is 0 Å². The number of amides is 1. The lowest BCUT2D eigenvalue weighted by atomic mass is 10.0. The molecule has 3 rings (SSSR count). The van der Waals surface area contributed by atoms with Gasteiger partial charge in [0.2, 0.25) is 0 Å². The average Bonchev–Trinajstić information content (AvgIpc) is 2.67. The lowest BCUT2D eigenvalue weighted by Crippen LogP contribution is -2.43. The second kappa shape index (κ2) is 8.27. The van der Waals surface area contributed by atoms with Gasteiger partial charge in [0.25, 0.3) is 5.91 Å². The summed E-state index contributed by atoms with van der Waals surface area (Å²) in [5.74, 6) is 0.367. The summed E-state index contributed by atoms with van der Waals surface area (Å²) < 4.78 is 0. The zero-order chi connectivity index (χ0) is 19.4. The topological polar surface area (TPSA) is 58.1 Å². The summed E-state index contributed by atoms with van der Waals surface area (Å²) in [6, 6.07) is 13.7. The van der Waals surface area contributed by atoms with E-state index in [1.807, 2.05) is 56.6 Å². The van der Waals surface area contributed by atoms with Crippen molar-refractivity contribution in [2.45, 2.75) is 19.9 Å². The van der Waals surface area contributed by atoms with E-state index in [4.69, 9.17) is 4.98 Å². The summed E-state index contributed by atoms with van der Waals surface area (Å²) in [6.07, 6.45) is 3.49. The number of benzene rings is 1. The number of nitrogens with zero attached hydrogens (tertiary/aromatic N) is 3. The fraction of sp³-hybridized carbons (Fsp3) is 0.318. The first-order valence-corrected chi connectivity index (χ1v) is 9.22. The summed E-state index contributed by atoms with van der Waals surface area (Å²) in [4.78, 5) is 24.0. The maximum atomic E-state index is 13.0. The standard InChI is InChI=1S/C22H26N4O/c1-15(2)21(26(3)4)14-24-22(27)18-12-20(16-8-7-11-23-13-16)25-19-10-6-5-9-17(18)19/h5-13,15,21H,14H2,1-4H3,(H,24,27)/t21-/m0/s1. The van der Waals surface area contributed by atoms with Gasteiger partial charge < -0.3 is 10.2 Å². The molecule has 1 N–H and O–H groups in total. The van der Waals surface area contributed by atoms with Crippen molar-refractivity contribution in [1.29, 1.82) is 0 Å². The fourth-order valence-corrected chi connectivity index (χ4v) is 3.33. The van der Waals surface area contributed by atoms with Crippen LogP contribution < -0.4 is 5.32 Å². The molecule has 2 aromatic heterocycles. The van der Waals surface area contributed by atoms with E-state index in [1.54, 1.807) is 12.4 Å². The van der Waals surface area contributed by atoms with E-state index in [0.29, 0.717) is 18.0 Å². The Balaban J connectivity index is 1.96. The molecule has 27 heavy (non-hydrogen) atoms. The molecule has 140 valence electrons. The van der Waals surface area contributed by atoms with Crippen LogP contribution in [0.5, 0.6) is 0 Å². The molecule has 1 aromatic carbocycles. The van der Waals surface area contributed by atoms with Gasteiger partial charge in [-0.05, 0) is 44.3 Å². The first-order chi connectivity index (χ1) is 13.0. The predicted molar refractivity (Wildman–Crippen MR) is 110 cm³/mol. The minimum Gasteiger partial charge on any atom is -0.350 e. The van der Waals surface area contributed by atoms with Crippen molar-refractivity contribution in [3.63, 3.8) is 0 Å². The van der Waals surface area contributed by atoms with Gasteiger partial charge in [0.15, 0.2) is 0 Å². The number of pyridine rings is 2. The minimum absolute atomic E-state index is 0.0776. The van der Waals surface area contributed by atoms with Crippen molar-refractivity contribution in [3.05, 3.63) is 60.4 Å². The van der Waals surface area contributed by atoms with Crippen molar-refractivity contribution in [1.82, 2.24) is 20.2 Å². The van der Waals surface area contributed by atoms with Gasteiger partial charge in [-0.15, -0.1) is 0 Å². The van der Waals surface area contributed by atoms with Gasteiger partial charge >= 0.3 is 0 Å². The van der Waals surface area contributed by atoms with E-state index in [0.717, 1.165) is 22.2 Å². The Labute approximate surface area is 160 Å². The van der Waals surface area contributed by atoms with Gasteiger partial charge in [-0.2, -0.15) is 0 Å². The Morgan fingerprint density at radius 3 is 2.59 bits per heavy atom. The Hall–Kier alpha value is -2.79. The van der Waals surface area contributed by atoms with E-state index < -0.39 is 0 Å². The molecular weight excluding hydrogens is 336 g/mol. The molecule has 0 unspecified atom stereocenters. The molecule has 5 heteroatoms. The molecule has 0 saturated heterocycles. The highest BCUT2D eigenvalue weighted by Gasteiger charge is 2.19. The van der Waals surface area contributed by atoms with Crippen LogP contribution in [0.4, 0.5) is 0 Å². The van der Waals surface area contributed by atoms with Gasteiger partial charge in [0.05, 0.1) is 16.8 Å². The molecule has 1 amide bonds. The van der Waals surface area contributed by atoms with E-state index in [2.05, 4.69) is 29.0 Å². The van der Waals surface area contributed by atoms with Gasteiger partial charge in [-0.25, -0.2) is 4.98 Å². The van der Waals surface area contributed by atoms with Crippen LogP contribution in [0.1, 0.15) is 24.2 Å². The number of hydrogen-bond acceptors (Lipinski definition) is 4. The van der Waals surface area contributed by atoms with Crippen molar-refractivity contribution in [2.24, 2.45) is 5.92 Å². The van der Waals surface area contributed by atoms with Gasteiger partial charge in [-0.1, -0.05) is 32.0 Å². The summed E-state index contributed by atoms with van der Waals surface area (Å²) in [6.45, 7) is 4.93. The minimum atomic E-state index is -0.0776. The second-order valence-corrected chi connectivity index (χ2v) is 7.30. The van der Waals surface area contributed by atoms with Crippen molar-refractivity contribution < 1.29 is 4.79 Å². The Morgan fingerprint density at radius 1 is 1.15 bits per heavy atom. The number of nitrogens with one attached hydrogen (secondary N) is 1. The number of likely N-dealkylation sites (N-methyl/N-ethyl adjacent to an activating group) is 1. The molecule has 0 saturated carbocycles. The molecule has 1 atom stereocenters. The van der Waals surface area contributed by atoms with E-state index in [-0.39, 0.29) is 11.9 Å². The number of carbonyl (C=O) groups excluding carboxylic acids is 1. The first-order valence-electron chi connectivity index (χ1n) is 9.22.